The molecule has 3 rings (SSSR count). The first kappa shape index (κ1) is 15.6. The summed E-state index contributed by atoms with van der Waals surface area (Å²) in [6.07, 6.45) is 5.63. The summed E-state index contributed by atoms with van der Waals surface area (Å²) >= 11 is 5.87. The van der Waals surface area contributed by atoms with E-state index in [9.17, 15) is 0 Å². The number of rotatable bonds is 6. The minimum Gasteiger partial charge on any atom is -0.457 e. The van der Waals surface area contributed by atoms with Crippen LogP contribution in [0, 0.1) is 5.92 Å². The number of halogens is 1. The van der Waals surface area contributed by atoms with E-state index in [0.717, 1.165) is 30.2 Å². The predicted octanol–water partition coefficient (Wildman–Crippen LogP) is 5.28. The second kappa shape index (κ2) is 7.34. The summed E-state index contributed by atoms with van der Waals surface area (Å²) in [7, 11) is 0. The highest BCUT2D eigenvalue weighted by molar-refractivity contribution is 6.30. The van der Waals surface area contributed by atoms with Crippen molar-refractivity contribution >= 4 is 11.6 Å². The zero-order valence-corrected chi connectivity index (χ0v) is 13.8. The fraction of sp³-hybridized carbons (Fsp3) is 0.211. The quantitative estimate of drug-likeness (QED) is 0.669. The molecule has 0 saturated heterocycles. The van der Waals surface area contributed by atoms with E-state index in [-0.39, 0.29) is 0 Å². The Balaban J connectivity index is 1.57. The molecule has 3 aromatic rings. The Morgan fingerprint density at radius 2 is 1.65 bits per heavy atom. The Bertz CT molecular complexity index is 721. The molecule has 0 bridgehead atoms. The molecule has 0 saturated carbocycles. The van der Waals surface area contributed by atoms with E-state index in [1.165, 1.54) is 5.56 Å². The number of H-pyrrole nitrogens is 1. The molecule has 0 aliphatic carbocycles. The molecule has 23 heavy (non-hydrogen) atoms. The molecule has 1 unspecified atom stereocenters. The van der Waals surface area contributed by atoms with Crippen molar-refractivity contribution in [3.05, 3.63) is 77.3 Å². The van der Waals surface area contributed by atoms with Crippen LogP contribution in [0.3, 0.4) is 0 Å². The fourth-order valence-corrected chi connectivity index (χ4v) is 2.67. The van der Waals surface area contributed by atoms with Crippen LogP contribution in [0.25, 0.3) is 0 Å². The Kier molecular flexibility index (Phi) is 4.99. The van der Waals surface area contributed by atoms with Gasteiger partial charge in [-0.05, 0) is 54.3 Å². The lowest BCUT2D eigenvalue weighted by molar-refractivity contribution is 0.482. The summed E-state index contributed by atoms with van der Waals surface area (Å²) in [6.45, 7) is 2.24. The monoisotopic (exact) mass is 326 g/mol. The summed E-state index contributed by atoms with van der Waals surface area (Å²) < 4.78 is 5.80. The topological polar surface area (TPSA) is 37.9 Å². The van der Waals surface area contributed by atoms with Crippen LogP contribution in [-0.2, 0) is 12.8 Å². The third-order valence-electron chi connectivity index (χ3n) is 3.65. The first-order chi connectivity index (χ1) is 11.2. The van der Waals surface area contributed by atoms with Crippen molar-refractivity contribution < 1.29 is 4.74 Å². The van der Waals surface area contributed by atoms with Gasteiger partial charge in [-0.2, -0.15) is 0 Å². The van der Waals surface area contributed by atoms with Gasteiger partial charge in [0.2, 0.25) is 0 Å². The summed E-state index contributed by atoms with van der Waals surface area (Å²) in [5.74, 6) is 3.19. The zero-order valence-electron chi connectivity index (χ0n) is 13.0. The smallest absolute Gasteiger partial charge is 0.127 e. The molecule has 118 valence electrons. The summed E-state index contributed by atoms with van der Waals surface area (Å²) in [5.41, 5.74) is 1.30. The minimum absolute atomic E-state index is 0.532. The number of aromatic amines is 1. The van der Waals surface area contributed by atoms with Crippen molar-refractivity contribution in [1.82, 2.24) is 9.97 Å². The van der Waals surface area contributed by atoms with Crippen molar-refractivity contribution in [2.24, 2.45) is 5.92 Å². The lowest BCUT2D eigenvalue weighted by Crippen LogP contribution is -2.05. The van der Waals surface area contributed by atoms with Crippen LogP contribution in [0.1, 0.15) is 18.3 Å². The summed E-state index contributed by atoms with van der Waals surface area (Å²) in [5, 5.41) is 0.707. The Morgan fingerprint density at radius 1 is 1.00 bits per heavy atom. The highest BCUT2D eigenvalue weighted by atomic mass is 35.5. The minimum atomic E-state index is 0.532. The molecule has 0 aliphatic rings. The van der Waals surface area contributed by atoms with E-state index in [4.69, 9.17) is 16.3 Å². The molecule has 0 amide bonds. The van der Waals surface area contributed by atoms with E-state index < -0.39 is 0 Å². The molecule has 1 atom stereocenters. The maximum absolute atomic E-state index is 5.87. The standard InChI is InChI=1S/C19H19ClN2O/c1-14(13-19-21-10-11-22-19)12-15-2-6-17(7-3-15)23-18-8-4-16(20)5-9-18/h2-11,14H,12-13H2,1H3,(H,21,22). The number of aromatic nitrogens is 2. The van der Waals surface area contributed by atoms with Crippen LogP contribution in [0.5, 0.6) is 11.5 Å². The van der Waals surface area contributed by atoms with Crippen molar-refractivity contribution in [3.63, 3.8) is 0 Å². The highest BCUT2D eigenvalue weighted by Gasteiger charge is 2.07. The Labute approximate surface area is 141 Å². The third kappa shape index (κ3) is 4.60. The molecule has 0 fully saturated rings. The van der Waals surface area contributed by atoms with Crippen molar-refractivity contribution in [1.29, 1.82) is 0 Å². The molecule has 1 N–H and O–H groups in total. The van der Waals surface area contributed by atoms with Crippen LogP contribution >= 0.6 is 11.6 Å². The maximum atomic E-state index is 5.87. The molecule has 3 nitrogen and oxygen atoms in total. The number of hydrogen-bond donors (Lipinski definition) is 1. The van der Waals surface area contributed by atoms with Crippen LogP contribution in [0.15, 0.2) is 60.9 Å². The van der Waals surface area contributed by atoms with Crippen LogP contribution < -0.4 is 4.74 Å². The number of nitrogens with one attached hydrogen (secondary N) is 1. The lowest BCUT2D eigenvalue weighted by Gasteiger charge is -2.11. The van der Waals surface area contributed by atoms with Gasteiger partial charge in [0.25, 0.3) is 0 Å². The van der Waals surface area contributed by atoms with E-state index in [0.29, 0.717) is 10.9 Å². The predicted molar refractivity (Wildman–Crippen MR) is 93.1 cm³/mol. The number of hydrogen-bond acceptors (Lipinski definition) is 2. The molecule has 0 aliphatic heterocycles. The SMILES string of the molecule is CC(Cc1ccc(Oc2ccc(Cl)cc2)cc1)Cc1ncc[nH]1. The van der Waals surface area contributed by atoms with Gasteiger partial charge >= 0.3 is 0 Å². The van der Waals surface area contributed by atoms with Gasteiger partial charge in [-0.3, -0.25) is 0 Å². The molecule has 1 aromatic heterocycles. The molecular formula is C19H19ClN2O. The molecule has 0 spiro atoms. The lowest BCUT2D eigenvalue weighted by atomic mass is 9.98. The normalized spacial score (nSPS) is 12.1. The molecule has 1 heterocycles. The van der Waals surface area contributed by atoms with E-state index in [1.807, 2.05) is 42.6 Å². The average molecular weight is 327 g/mol. The van der Waals surface area contributed by atoms with Crippen molar-refractivity contribution in [3.8, 4) is 11.5 Å². The van der Waals surface area contributed by atoms with Gasteiger partial charge in [-0.15, -0.1) is 0 Å². The molecule has 0 radical (unpaired) electrons. The Morgan fingerprint density at radius 3 is 2.26 bits per heavy atom. The largest absolute Gasteiger partial charge is 0.457 e. The van der Waals surface area contributed by atoms with Crippen molar-refractivity contribution in [2.45, 2.75) is 19.8 Å². The van der Waals surface area contributed by atoms with Crippen LogP contribution in [0.2, 0.25) is 5.02 Å². The molecule has 2 aromatic carbocycles. The first-order valence-electron chi connectivity index (χ1n) is 7.69. The first-order valence-corrected chi connectivity index (χ1v) is 8.07. The zero-order chi connectivity index (χ0) is 16.1. The number of ether oxygens (including phenoxy) is 1. The maximum Gasteiger partial charge on any atom is 0.127 e. The summed E-state index contributed by atoms with van der Waals surface area (Å²) in [4.78, 5) is 7.43. The van der Waals surface area contributed by atoms with Gasteiger partial charge in [-0.25, -0.2) is 4.98 Å². The van der Waals surface area contributed by atoms with Crippen molar-refractivity contribution in [2.75, 3.05) is 0 Å². The van der Waals surface area contributed by atoms with Crippen LogP contribution in [0.4, 0.5) is 0 Å². The summed E-state index contributed by atoms with van der Waals surface area (Å²) in [6, 6.07) is 15.6. The Hall–Kier alpha value is -2.26. The number of nitrogens with zero attached hydrogens (tertiary/aromatic N) is 1. The van der Waals surface area contributed by atoms with Gasteiger partial charge in [0.15, 0.2) is 0 Å². The van der Waals surface area contributed by atoms with Gasteiger partial charge in [0.1, 0.15) is 17.3 Å². The average Bonchev–Trinajstić information content (AvgIpc) is 3.04. The number of imidazole rings is 1. The number of benzene rings is 2. The fourth-order valence-electron chi connectivity index (χ4n) is 2.55. The molecule has 4 heteroatoms. The van der Waals surface area contributed by atoms with Gasteiger partial charge in [0.05, 0.1) is 0 Å². The third-order valence-corrected chi connectivity index (χ3v) is 3.91. The van der Waals surface area contributed by atoms with E-state index in [2.05, 4.69) is 29.0 Å². The molecular weight excluding hydrogens is 308 g/mol. The second-order valence-electron chi connectivity index (χ2n) is 5.75. The van der Waals surface area contributed by atoms with Gasteiger partial charge in [-0.1, -0.05) is 30.7 Å². The van der Waals surface area contributed by atoms with E-state index >= 15 is 0 Å². The van der Waals surface area contributed by atoms with Gasteiger partial charge in [0, 0.05) is 23.8 Å². The highest BCUT2D eigenvalue weighted by Crippen LogP contribution is 2.24. The van der Waals surface area contributed by atoms with E-state index in [1.54, 1.807) is 6.20 Å². The van der Waals surface area contributed by atoms with Gasteiger partial charge < -0.3 is 9.72 Å². The van der Waals surface area contributed by atoms with Crippen LogP contribution in [-0.4, -0.2) is 9.97 Å². The second-order valence-corrected chi connectivity index (χ2v) is 6.19.